The number of carbonyl (C=O) groups excluding carboxylic acids is 1. The molecular formula is C24H30Cl2N4O3S2. The van der Waals surface area contributed by atoms with E-state index in [1.54, 1.807) is 27.4 Å². The van der Waals surface area contributed by atoms with Gasteiger partial charge in [-0.25, -0.2) is 13.4 Å². The highest BCUT2D eigenvalue weighted by Gasteiger charge is 2.31. The van der Waals surface area contributed by atoms with E-state index in [1.807, 2.05) is 38.1 Å². The fraction of sp³-hybridized carbons (Fsp3) is 0.417. The molecule has 1 fully saturated rings. The van der Waals surface area contributed by atoms with Gasteiger partial charge >= 0.3 is 0 Å². The van der Waals surface area contributed by atoms with Crippen LogP contribution in [0.15, 0.2) is 47.4 Å². The molecule has 1 unspecified atom stereocenters. The minimum atomic E-state index is -3.59. The van der Waals surface area contributed by atoms with Crippen molar-refractivity contribution in [2.45, 2.75) is 37.1 Å². The second-order valence-electron chi connectivity index (χ2n) is 8.85. The van der Waals surface area contributed by atoms with E-state index >= 15 is 0 Å². The maximum Gasteiger partial charge on any atom is 0.260 e. The number of likely N-dealkylation sites (N-methyl/N-ethyl adjacent to an activating group) is 1. The Morgan fingerprint density at radius 3 is 2.51 bits per heavy atom. The fourth-order valence-electron chi connectivity index (χ4n) is 4.08. The summed E-state index contributed by atoms with van der Waals surface area (Å²) in [4.78, 5) is 22.0. The Labute approximate surface area is 222 Å². The van der Waals surface area contributed by atoms with Crippen molar-refractivity contribution in [2.75, 3.05) is 38.6 Å². The lowest BCUT2D eigenvalue weighted by molar-refractivity contribution is 0.0985. The third-order valence-corrected chi connectivity index (χ3v) is 9.34. The Bertz CT molecular complexity index is 1280. The molecule has 1 aromatic heterocycles. The van der Waals surface area contributed by atoms with Gasteiger partial charge in [-0.2, -0.15) is 4.31 Å². The molecule has 0 spiro atoms. The molecule has 7 nitrogen and oxygen atoms in total. The van der Waals surface area contributed by atoms with Crippen molar-refractivity contribution in [3.8, 4) is 0 Å². The number of benzene rings is 2. The summed E-state index contributed by atoms with van der Waals surface area (Å²) in [5.41, 5.74) is 1.20. The van der Waals surface area contributed by atoms with E-state index in [0.29, 0.717) is 35.4 Å². The third-order valence-electron chi connectivity index (χ3n) is 6.04. The molecule has 1 amide bonds. The normalized spacial score (nSPS) is 16.9. The highest BCUT2D eigenvalue weighted by atomic mass is 35.5. The summed E-state index contributed by atoms with van der Waals surface area (Å²) in [6.45, 7) is 3.58. The lowest BCUT2D eigenvalue weighted by Crippen LogP contribution is -2.41. The molecule has 0 aliphatic carbocycles. The standard InChI is InChI=1S/C24H29ClN4O3S2.ClH/c1-17-6-4-5-13-29(17)34(31,32)20-10-7-18(8-11-20)23(30)28(15-14-27(2)3)24-26-21-12-9-19(25)16-22(21)33-24;/h7-12,16-17H,4-6,13-15H2,1-3H3;1H. The molecule has 1 aliphatic rings. The Morgan fingerprint density at radius 2 is 1.86 bits per heavy atom. The first-order valence-electron chi connectivity index (χ1n) is 11.3. The van der Waals surface area contributed by atoms with E-state index in [0.717, 1.165) is 29.5 Å². The predicted octanol–water partition coefficient (Wildman–Crippen LogP) is 5.14. The molecule has 0 bridgehead atoms. The lowest BCUT2D eigenvalue weighted by atomic mass is 10.1. The van der Waals surface area contributed by atoms with Gasteiger partial charge in [-0.3, -0.25) is 9.69 Å². The molecule has 35 heavy (non-hydrogen) atoms. The molecule has 11 heteroatoms. The van der Waals surface area contributed by atoms with Crippen LogP contribution in [0.4, 0.5) is 5.13 Å². The summed E-state index contributed by atoms with van der Waals surface area (Å²) in [6, 6.07) is 11.7. The van der Waals surface area contributed by atoms with E-state index in [4.69, 9.17) is 11.6 Å². The van der Waals surface area contributed by atoms with Crippen LogP contribution in [0.25, 0.3) is 10.2 Å². The summed E-state index contributed by atoms with van der Waals surface area (Å²) in [5, 5.41) is 1.21. The van der Waals surface area contributed by atoms with E-state index in [-0.39, 0.29) is 29.3 Å². The molecule has 1 aliphatic heterocycles. The Hall–Kier alpha value is -1.75. The lowest BCUT2D eigenvalue weighted by Gasteiger charge is -2.32. The number of aromatic nitrogens is 1. The van der Waals surface area contributed by atoms with Gasteiger partial charge in [-0.15, -0.1) is 12.4 Å². The quantitative estimate of drug-likeness (QED) is 0.402. The molecule has 2 aromatic carbocycles. The van der Waals surface area contributed by atoms with E-state index < -0.39 is 10.0 Å². The molecule has 0 N–H and O–H groups in total. The minimum Gasteiger partial charge on any atom is -0.308 e. The molecule has 2 heterocycles. The summed E-state index contributed by atoms with van der Waals surface area (Å²) >= 11 is 7.53. The number of hydrogen-bond acceptors (Lipinski definition) is 6. The summed E-state index contributed by atoms with van der Waals surface area (Å²) in [7, 11) is 0.303. The van der Waals surface area contributed by atoms with Gasteiger partial charge in [0.1, 0.15) is 0 Å². The van der Waals surface area contributed by atoms with Crippen LogP contribution < -0.4 is 4.90 Å². The average molecular weight is 558 g/mol. The van der Waals surface area contributed by atoms with Crippen LogP contribution in [0.1, 0.15) is 36.5 Å². The fourth-order valence-corrected chi connectivity index (χ4v) is 7.04. The van der Waals surface area contributed by atoms with Crippen LogP contribution in [0.2, 0.25) is 5.02 Å². The van der Waals surface area contributed by atoms with Crippen molar-refractivity contribution in [3.63, 3.8) is 0 Å². The van der Waals surface area contributed by atoms with Crippen LogP contribution in [-0.4, -0.2) is 68.3 Å². The van der Waals surface area contributed by atoms with Gasteiger partial charge in [0.2, 0.25) is 10.0 Å². The van der Waals surface area contributed by atoms with Crippen molar-refractivity contribution in [3.05, 3.63) is 53.1 Å². The Kier molecular flexibility index (Phi) is 9.17. The Morgan fingerprint density at radius 1 is 1.14 bits per heavy atom. The molecule has 0 saturated carbocycles. The first-order valence-corrected chi connectivity index (χ1v) is 13.9. The first-order chi connectivity index (χ1) is 16.2. The SMILES string of the molecule is CC1CCCCN1S(=O)(=O)c1ccc(C(=O)N(CCN(C)C)c2nc3ccc(Cl)cc3s2)cc1.Cl. The number of sulfonamides is 1. The molecule has 3 aromatic rings. The summed E-state index contributed by atoms with van der Waals surface area (Å²) < 4.78 is 28.8. The number of carbonyl (C=O) groups is 1. The van der Waals surface area contributed by atoms with Gasteiger partial charge in [0, 0.05) is 36.3 Å². The number of thiazole rings is 1. The number of amides is 1. The smallest absolute Gasteiger partial charge is 0.260 e. The molecule has 190 valence electrons. The van der Waals surface area contributed by atoms with Crippen LogP contribution in [-0.2, 0) is 10.0 Å². The van der Waals surface area contributed by atoms with Gasteiger partial charge in [-0.05, 0) is 76.3 Å². The molecular weight excluding hydrogens is 527 g/mol. The zero-order valence-electron chi connectivity index (χ0n) is 20.0. The zero-order valence-corrected chi connectivity index (χ0v) is 23.2. The minimum absolute atomic E-state index is 0. The van der Waals surface area contributed by atoms with Crippen molar-refractivity contribution < 1.29 is 13.2 Å². The summed E-state index contributed by atoms with van der Waals surface area (Å²) in [6.07, 6.45) is 2.78. The largest absolute Gasteiger partial charge is 0.308 e. The predicted molar refractivity (Wildman–Crippen MR) is 146 cm³/mol. The number of halogens is 2. The number of hydrogen-bond donors (Lipinski definition) is 0. The van der Waals surface area contributed by atoms with Gasteiger partial charge in [0.25, 0.3) is 5.91 Å². The van der Waals surface area contributed by atoms with Gasteiger partial charge < -0.3 is 4.90 Å². The molecule has 1 saturated heterocycles. The van der Waals surface area contributed by atoms with E-state index in [2.05, 4.69) is 4.98 Å². The molecule has 1 atom stereocenters. The van der Waals surface area contributed by atoms with Crippen molar-refractivity contribution in [1.29, 1.82) is 0 Å². The zero-order chi connectivity index (χ0) is 24.5. The summed E-state index contributed by atoms with van der Waals surface area (Å²) in [5.74, 6) is -0.220. The molecule has 0 radical (unpaired) electrons. The van der Waals surface area contributed by atoms with Crippen molar-refractivity contribution in [1.82, 2.24) is 14.2 Å². The topological polar surface area (TPSA) is 73.8 Å². The van der Waals surface area contributed by atoms with Crippen LogP contribution >= 0.6 is 35.3 Å². The monoisotopic (exact) mass is 556 g/mol. The number of piperidine rings is 1. The maximum atomic E-state index is 13.5. The van der Waals surface area contributed by atoms with Crippen molar-refractivity contribution >= 4 is 66.6 Å². The first kappa shape index (κ1) is 27.8. The van der Waals surface area contributed by atoms with E-state index in [9.17, 15) is 13.2 Å². The van der Waals surface area contributed by atoms with Gasteiger partial charge in [0.15, 0.2) is 5.13 Å². The highest BCUT2D eigenvalue weighted by Crippen LogP contribution is 2.32. The number of nitrogens with zero attached hydrogens (tertiary/aromatic N) is 4. The second-order valence-corrected chi connectivity index (χ2v) is 12.2. The Balaban J connectivity index is 0.00000342. The number of fused-ring (bicyclic) bond motifs is 1. The number of anilines is 1. The second kappa shape index (κ2) is 11.5. The van der Waals surface area contributed by atoms with Crippen LogP contribution in [0.5, 0.6) is 0 Å². The van der Waals surface area contributed by atoms with Crippen molar-refractivity contribution in [2.24, 2.45) is 0 Å². The molecule has 4 rings (SSSR count). The number of rotatable bonds is 7. The van der Waals surface area contributed by atoms with Gasteiger partial charge in [-0.1, -0.05) is 29.4 Å². The maximum absolute atomic E-state index is 13.5. The van der Waals surface area contributed by atoms with Crippen LogP contribution in [0, 0.1) is 0 Å². The van der Waals surface area contributed by atoms with E-state index in [1.165, 1.54) is 23.5 Å². The van der Waals surface area contributed by atoms with Gasteiger partial charge in [0.05, 0.1) is 15.1 Å². The van der Waals surface area contributed by atoms with Crippen LogP contribution in [0.3, 0.4) is 0 Å². The average Bonchev–Trinajstić information content (AvgIpc) is 3.22. The highest BCUT2D eigenvalue weighted by molar-refractivity contribution is 7.89. The third kappa shape index (κ3) is 6.15.